The SMILES string of the molecule is COCC(=O)NCCNc1ccnc(Nc2nc3ccc(-c4ccncc4)nc3s2)c1. The summed E-state index contributed by atoms with van der Waals surface area (Å²) >= 11 is 1.47. The smallest absolute Gasteiger partial charge is 0.246 e. The number of rotatable bonds is 9. The summed E-state index contributed by atoms with van der Waals surface area (Å²) in [5.41, 5.74) is 3.61. The van der Waals surface area contributed by atoms with Gasteiger partial charge in [0, 0.05) is 56.1 Å². The van der Waals surface area contributed by atoms with Crippen LogP contribution in [0.3, 0.4) is 0 Å². The first-order chi connectivity index (χ1) is 15.2. The highest BCUT2D eigenvalue weighted by Crippen LogP contribution is 2.29. The van der Waals surface area contributed by atoms with Crippen LogP contribution in [-0.4, -0.2) is 52.6 Å². The average Bonchev–Trinajstić information content (AvgIpc) is 3.19. The number of amides is 1. The molecule has 0 spiro atoms. The number of carbonyl (C=O) groups is 1. The number of anilines is 3. The number of aromatic nitrogens is 4. The minimum Gasteiger partial charge on any atom is -0.383 e. The van der Waals surface area contributed by atoms with Crippen LogP contribution < -0.4 is 16.0 Å². The Bertz CT molecular complexity index is 1170. The Labute approximate surface area is 182 Å². The highest BCUT2D eigenvalue weighted by molar-refractivity contribution is 7.21. The van der Waals surface area contributed by atoms with Gasteiger partial charge in [0.15, 0.2) is 5.13 Å². The molecule has 0 saturated carbocycles. The molecule has 0 unspecified atom stereocenters. The number of carbonyl (C=O) groups excluding carboxylic acids is 1. The Hall–Kier alpha value is -3.63. The average molecular weight is 436 g/mol. The van der Waals surface area contributed by atoms with Crippen LogP contribution in [0.1, 0.15) is 0 Å². The Morgan fingerprint density at radius 3 is 2.77 bits per heavy atom. The minimum atomic E-state index is -0.141. The van der Waals surface area contributed by atoms with E-state index in [9.17, 15) is 4.79 Å². The maximum Gasteiger partial charge on any atom is 0.246 e. The van der Waals surface area contributed by atoms with Crippen molar-refractivity contribution >= 4 is 44.2 Å². The molecule has 9 nitrogen and oxygen atoms in total. The van der Waals surface area contributed by atoms with Gasteiger partial charge < -0.3 is 20.7 Å². The van der Waals surface area contributed by atoms with E-state index in [2.05, 4.69) is 30.9 Å². The normalized spacial score (nSPS) is 10.7. The first-order valence-corrected chi connectivity index (χ1v) is 10.4. The predicted octanol–water partition coefficient (Wildman–Crippen LogP) is 3.07. The Balaban J connectivity index is 1.39. The zero-order valence-electron chi connectivity index (χ0n) is 16.8. The van der Waals surface area contributed by atoms with E-state index < -0.39 is 0 Å². The third-order valence-electron chi connectivity index (χ3n) is 4.28. The van der Waals surface area contributed by atoms with Crippen molar-refractivity contribution in [3.05, 3.63) is 55.0 Å². The van der Waals surface area contributed by atoms with Crippen molar-refractivity contribution in [2.45, 2.75) is 0 Å². The summed E-state index contributed by atoms with van der Waals surface area (Å²) < 4.78 is 4.78. The second-order valence-corrected chi connectivity index (χ2v) is 7.52. The van der Waals surface area contributed by atoms with Gasteiger partial charge in [-0.2, -0.15) is 0 Å². The van der Waals surface area contributed by atoms with Crippen molar-refractivity contribution in [2.75, 3.05) is 37.4 Å². The largest absolute Gasteiger partial charge is 0.383 e. The molecule has 0 atom stereocenters. The lowest BCUT2D eigenvalue weighted by atomic mass is 10.2. The lowest BCUT2D eigenvalue weighted by Crippen LogP contribution is -2.31. The Morgan fingerprint density at radius 1 is 1.06 bits per heavy atom. The summed E-state index contributed by atoms with van der Waals surface area (Å²) in [5.74, 6) is 0.528. The highest BCUT2D eigenvalue weighted by Gasteiger charge is 2.09. The summed E-state index contributed by atoms with van der Waals surface area (Å²) in [4.78, 5) is 29.9. The number of hydrogen-bond donors (Lipinski definition) is 3. The Kier molecular flexibility index (Phi) is 6.60. The van der Waals surface area contributed by atoms with E-state index in [1.165, 1.54) is 18.4 Å². The first-order valence-electron chi connectivity index (χ1n) is 9.62. The van der Waals surface area contributed by atoms with Crippen molar-refractivity contribution in [2.24, 2.45) is 0 Å². The van der Waals surface area contributed by atoms with Crippen LogP contribution in [0.4, 0.5) is 16.6 Å². The van der Waals surface area contributed by atoms with Crippen molar-refractivity contribution in [3.63, 3.8) is 0 Å². The molecular formula is C21H21N7O2S. The standard InChI is InChI=1S/C21H21N7O2S/c1-30-13-19(29)25-11-10-23-15-6-9-24-18(12-15)28-21-27-17-3-2-16(26-20(17)31-21)14-4-7-22-8-5-14/h2-9,12H,10-11,13H2,1H3,(H,25,29)(H2,23,24,27,28). The summed E-state index contributed by atoms with van der Waals surface area (Å²) in [5, 5.41) is 9.97. The molecule has 158 valence electrons. The van der Waals surface area contributed by atoms with E-state index in [0.29, 0.717) is 24.0 Å². The quantitative estimate of drug-likeness (QED) is 0.344. The molecule has 4 heterocycles. The predicted molar refractivity (Wildman–Crippen MR) is 122 cm³/mol. The zero-order chi connectivity index (χ0) is 21.5. The monoisotopic (exact) mass is 435 g/mol. The summed E-state index contributed by atoms with van der Waals surface area (Å²) in [7, 11) is 1.49. The van der Waals surface area contributed by atoms with Gasteiger partial charge in [-0.15, -0.1) is 0 Å². The van der Waals surface area contributed by atoms with Crippen LogP contribution in [0.15, 0.2) is 55.0 Å². The van der Waals surface area contributed by atoms with E-state index >= 15 is 0 Å². The fourth-order valence-corrected chi connectivity index (χ4v) is 3.71. The van der Waals surface area contributed by atoms with Crippen molar-refractivity contribution in [1.82, 2.24) is 25.3 Å². The van der Waals surface area contributed by atoms with Gasteiger partial charge in [-0.3, -0.25) is 9.78 Å². The van der Waals surface area contributed by atoms with Gasteiger partial charge >= 0.3 is 0 Å². The van der Waals surface area contributed by atoms with Gasteiger partial charge in [-0.05, 0) is 30.3 Å². The molecular weight excluding hydrogens is 414 g/mol. The number of pyridine rings is 3. The second kappa shape index (κ2) is 9.92. The molecule has 0 aromatic carbocycles. The molecule has 0 aliphatic heterocycles. The molecule has 0 radical (unpaired) electrons. The van der Waals surface area contributed by atoms with Gasteiger partial charge in [0.05, 0.1) is 5.69 Å². The molecule has 0 aliphatic rings. The second-order valence-electron chi connectivity index (χ2n) is 6.54. The van der Waals surface area contributed by atoms with Crippen molar-refractivity contribution in [3.8, 4) is 11.3 Å². The van der Waals surface area contributed by atoms with Crippen LogP contribution in [0.2, 0.25) is 0 Å². The third-order valence-corrected chi connectivity index (χ3v) is 5.16. The Morgan fingerprint density at radius 2 is 1.94 bits per heavy atom. The fourth-order valence-electron chi connectivity index (χ4n) is 2.86. The number of ether oxygens (including phenoxy) is 1. The fraction of sp³-hybridized carbons (Fsp3) is 0.190. The molecule has 31 heavy (non-hydrogen) atoms. The van der Waals surface area contributed by atoms with E-state index in [1.807, 2.05) is 36.4 Å². The lowest BCUT2D eigenvalue weighted by molar-refractivity contribution is -0.124. The van der Waals surface area contributed by atoms with E-state index in [0.717, 1.165) is 27.3 Å². The molecule has 10 heteroatoms. The van der Waals surface area contributed by atoms with E-state index in [4.69, 9.17) is 9.72 Å². The molecule has 1 amide bonds. The van der Waals surface area contributed by atoms with Gasteiger partial charge in [0.2, 0.25) is 5.91 Å². The minimum absolute atomic E-state index is 0.0599. The zero-order valence-corrected chi connectivity index (χ0v) is 17.6. The molecule has 3 N–H and O–H groups in total. The summed E-state index contributed by atoms with van der Waals surface area (Å²) in [6, 6.07) is 11.5. The van der Waals surface area contributed by atoms with Gasteiger partial charge in [0.25, 0.3) is 0 Å². The molecule has 0 fully saturated rings. The summed E-state index contributed by atoms with van der Waals surface area (Å²) in [6.45, 7) is 1.14. The van der Waals surface area contributed by atoms with Gasteiger partial charge in [-0.25, -0.2) is 15.0 Å². The number of hydrogen-bond acceptors (Lipinski definition) is 9. The molecule has 0 saturated heterocycles. The maximum atomic E-state index is 11.4. The molecule has 4 rings (SSSR count). The molecule has 4 aromatic rings. The maximum absolute atomic E-state index is 11.4. The first kappa shape index (κ1) is 20.6. The molecule has 0 bridgehead atoms. The molecule has 4 aromatic heterocycles. The third kappa shape index (κ3) is 5.50. The topological polar surface area (TPSA) is 114 Å². The number of methoxy groups -OCH3 is 1. The van der Waals surface area contributed by atoms with Crippen LogP contribution >= 0.6 is 11.3 Å². The van der Waals surface area contributed by atoms with Gasteiger partial charge in [-0.1, -0.05) is 11.3 Å². The van der Waals surface area contributed by atoms with Crippen LogP contribution in [0.5, 0.6) is 0 Å². The van der Waals surface area contributed by atoms with Crippen molar-refractivity contribution in [1.29, 1.82) is 0 Å². The highest BCUT2D eigenvalue weighted by atomic mass is 32.1. The van der Waals surface area contributed by atoms with Crippen molar-refractivity contribution < 1.29 is 9.53 Å². The van der Waals surface area contributed by atoms with Gasteiger partial charge in [0.1, 0.15) is 22.8 Å². The lowest BCUT2D eigenvalue weighted by Gasteiger charge is -2.09. The molecule has 0 aliphatic carbocycles. The van der Waals surface area contributed by atoms with Crippen LogP contribution in [-0.2, 0) is 9.53 Å². The summed E-state index contributed by atoms with van der Waals surface area (Å²) in [6.07, 6.45) is 5.21. The number of nitrogens with zero attached hydrogens (tertiary/aromatic N) is 4. The van der Waals surface area contributed by atoms with Crippen LogP contribution in [0.25, 0.3) is 21.6 Å². The van der Waals surface area contributed by atoms with E-state index in [-0.39, 0.29) is 12.5 Å². The number of nitrogens with one attached hydrogen (secondary N) is 3. The number of thiazole rings is 1. The van der Waals surface area contributed by atoms with E-state index in [1.54, 1.807) is 18.6 Å². The van der Waals surface area contributed by atoms with Crippen LogP contribution in [0, 0.1) is 0 Å². The number of fused-ring (bicyclic) bond motifs is 1.